The van der Waals surface area contributed by atoms with Gasteiger partial charge in [0.25, 0.3) is 0 Å². The summed E-state index contributed by atoms with van der Waals surface area (Å²) in [5.74, 6) is 1.32. The summed E-state index contributed by atoms with van der Waals surface area (Å²) in [6, 6.07) is 13.8. The Hall–Kier alpha value is -3.07. The molecule has 0 atom stereocenters. The SMILES string of the molecule is CCOc1cc(/C=N\Nc2ccc(C(F)(F)F)cn2)c(Br)cc1OCc1ccc(C)cc1. The third-order valence-electron chi connectivity index (χ3n) is 4.35. The van der Waals surface area contributed by atoms with Crippen LogP contribution in [0.3, 0.4) is 0 Å². The number of pyridine rings is 1. The number of aryl methyl sites for hydroxylation is 1. The fourth-order valence-corrected chi connectivity index (χ4v) is 3.10. The van der Waals surface area contributed by atoms with Crippen LogP contribution in [0.1, 0.15) is 29.2 Å². The average molecular weight is 508 g/mol. The van der Waals surface area contributed by atoms with Crippen molar-refractivity contribution < 1.29 is 22.6 Å². The summed E-state index contributed by atoms with van der Waals surface area (Å²) in [6.07, 6.45) is -2.17. The van der Waals surface area contributed by atoms with Crippen LogP contribution in [0.25, 0.3) is 0 Å². The molecule has 32 heavy (non-hydrogen) atoms. The number of hydrogen-bond acceptors (Lipinski definition) is 5. The van der Waals surface area contributed by atoms with Crippen LogP contribution in [-0.2, 0) is 12.8 Å². The largest absolute Gasteiger partial charge is 0.490 e. The van der Waals surface area contributed by atoms with Gasteiger partial charge in [0.15, 0.2) is 11.5 Å². The molecule has 1 aromatic heterocycles. The topological polar surface area (TPSA) is 55.7 Å². The molecular formula is C23H21BrF3N3O2. The van der Waals surface area contributed by atoms with Gasteiger partial charge in [-0.1, -0.05) is 29.8 Å². The molecule has 2 aromatic carbocycles. The molecule has 0 bridgehead atoms. The highest BCUT2D eigenvalue weighted by atomic mass is 79.9. The third-order valence-corrected chi connectivity index (χ3v) is 5.04. The van der Waals surface area contributed by atoms with E-state index in [0.717, 1.165) is 17.8 Å². The molecule has 0 saturated carbocycles. The molecule has 0 radical (unpaired) electrons. The Morgan fingerprint density at radius 1 is 1.06 bits per heavy atom. The predicted octanol–water partition coefficient (Wildman–Crippen LogP) is 6.60. The van der Waals surface area contributed by atoms with Gasteiger partial charge < -0.3 is 9.47 Å². The zero-order valence-corrected chi connectivity index (χ0v) is 19.0. The number of alkyl halides is 3. The van der Waals surface area contributed by atoms with Crippen molar-refractivity contribution in [3.63, 3.8) is 0 Å². The number of rotatable bonds is 8. The smallest absolute Gasteiger partial charge is 0.417 e. The van der Waals surface area contributed by atoms with Crippen molar-refractivity contribution >= 4 is 28.0 Å². The summed E-state index contributed by atoms with van der Waals surface area (Å²) < 4.78 is 50.2. The van der Waals surface area contributed by atoms with Gasteiger partial charge in [0.1, 0.15) is 12.4 Å². The molecule has 0 aliphatic heterocycles. The number of hydrogen-bond donors (Lipinski definition) is 1. The second kappa shape index (κ2) is 10.5. The maximum atomic E-state index is 12.6. The molecule has 0 amide bonds. The molecule has 9 heteroatoms. The number of hydrazone groups is 1. The van der Waals surface area contributed by atoms with Crippen molar-refractivity contribution in [1.82, 2.24) is 4.98 Å². The van der Waals surface area contributed by atoms with Crippen LogP contribution in [0.2, 0.25) is 0 Å². The summed E-state index contributed by atoms with van der Waals surface area (Å²) in [6.45, 7) is 4.74. The number of nitrogens with zero attached hydrogens (tertiary/aromatic N) is 2. The van der Waals surface area contributed by atoms with Gasteiger partial charge >= 0.3 is 6.18 Å². The van der Waals surface area contributed by atoms with Crippen LogP contribution >= 0.6 is 15.9 Å². The standard InChI is InChI=1S/C23H21BrF3N3O2/c1-3-31-20-10-17(12-29-30-22-9-8-18(13-28-22)23(25,26)27)19(24)11-21(20)32-14-16-6-4-15(2)5-7-16/h4-13H,3,14H2,1-2H3,(H,28,30)/b29-12-. The maximum Gasteiger partial charge on any atom is 0.417 e. The van der Waals surface area contributed by atoms with Gasteiger partial charge in [-0.3, -0.25) is 5.43 Å². The lowest BCUT2D eigenvalue weighted by Crippen LogP contribution is -2.05. The molecule has 168 valence electrons. The highest BCUT2D eigenvalue weighted by Gasteiger charge is 2.30. The first-order valence-electron chi connectivity index (χ1n) is 9.73. The lowest BCUT2D eigenvalue weighted by atomic mass is 10.2. The molecule has 0 aliphatic rings. The van der Waals surface area contributed by atoms with E-state index in [9.17, 15) is 13.2 Å². The minimum absolute atomic E-state index is 0.188. The molecule has 3 rings (SSSR count). The monoisotopic (exact) mass is 507 g/mol. The Balaban J connectivity index is 1.71. The number of halogens is 4. The number of anilines is 1. The first-order valence-corrected chi connectivity index (χ1v) is 10.5. The van der Waals surface area contributed by atoms with Gasteiger partial charge in [0, 0.05) is 16.2 Å². The van der Waals surface area contributed by atoms with E-state index in [1.54, 1.807) is 12.1 Å². The molecule has 1 N–H and O–H groups in total. The van der Waals surface area contributed by atoms with Gasteiger partial charge in [0.05, 0.1) is 18.4 Å². The Kier molecular flexibility index (Phi) is 7.74. The second-order valence-electron chi connectivity index (χ2n) is 6.83. The van der Waals surface area contributed by atoms with Crippen molar-refractivity contribution in [3.05, 3.63) is 81.5 Å². The van der Waals surface area contributed by atoms with Gasteiger partial charge in [-0.25, -0.2) is 4.98 Å². The number of aromatic nitrogens is 1. The van der Waals surface area contributed by atoms with Gasteiger partial charge in [-0.15, -0.1) is 0 Å². The van der Waals surface area contributed by atoms with Crippen LogP contribution < -0.4 is 14.9 Å². The van der Waals surface area contributed by atoms with E-state index in [1.165, 1.54) is 17.8 Å². The zero-order chi connectivity index (χ0) is 23.1. The molecule has 0 spiro atoms. The Bertz CT molecular complexity index is 1070. The first kappa shape index (κ1) is 23.6. The van der Waals surface area contributed by atoms with E-state index in [-0.39, 0.29) is 5.82 Å². The summed E-state index contributed by atoms with van der Waals surface area (Å²) in [5.41, 5.74) is 4.69. The minimum atomic E-state index is -4.43. The van der Waals surface area contributed by atoms with Crippen LogP contribution in [0.4, 0.5) is 19.0 Å². The van der Waals surface area contributed by atoms with E-state index in [0.29, 0.717) is 34.7 Å². The molecule has 0 aliphatic carbocycles. The minimum Gasteiger partial charge on any atom is -0.490 e. The molecule has 3 aromatic rings. The van der Waals surface area contributed by atoms with E-state index >= 15 is 0 Å². The highest BCUT2D eigenvalue weighted by molar-refractivity contribution is 9.10. The number of ether oxygens (including phenoxy) is 2. The Labute approximate surface area is 192 Å². The van der Waals surface area contributed by atoms with Crippen LogP contribution in [0.5, 0.6) is 11.5 Å². The summed E-state index contributed by atoms with van der Waals surface area (Å²) in [4.78, 5) is 3.72. The van der Waals surface area contributed by atoms with E-state index in [4.69, 9.17) is 9.47 Å². The molecule has 1 heterocycles. The van der Waals surface area contributed by atoms with Gasteiger partial charge in [-0.05, 0) is 59.6 Å². The Morgan fingerprint density at radius 2 is 1.78 bits per heavy atom. The van der Waals surface area contributed by atoms with Crippen LogP contribution in [0, 0.1) is 6.92 Å². The zero-order valence-electron chi connectivity index (χ0n) is 17.4. The first-order chi connectivity index (χ1) is 15.3. The third kappa shape index (κ3) is 6.46. The Morgan fingerprint density at radius 3 is 2.41 bits per heavy atom. The molecule has 0 fully saturated rings. The van der Waals surface area contributed by atoms with Crippen LogP contribution in [0.15, 0.2) is 64.3 Å². The quantitative estimate of drug-likeness (QED) is 0.275. The highest BCUT2D eigenvalue weighted by Crippen LogP contribution is 2.34. The normalized spacial score (nSPS) is 11.6. The summed E-state index contributed by atoms with van der Waals surface area (Å²) >= 11 is 3.49. The van der Waals surface area contributed by atoms with Crippen LogP contribution in [-0.4, -0.2) is 17.8 Å². The fraction of sp³-hybridized carbons (Fsp3) is 0.217. The van der Waals surface area contributed by atoms with E-state index < -0.39 is 11.7 Å². The molecule has 0 saturated heterocycles. The van der Waals surface area contributed by atoms with E-state index in [1.807, 2.05) is 38.1 Å². The molecular weight excluding hydrogens is 487 g/mol. The van der Waals surface area contributed by atoms with Crippen molar-refractivity contribution in [1.29, 1.82) is 0 Å². The van der Waals surface area contributed by atoms with Gasteiger partial charge in [0.2, 0.25) is 0 Å². The number of benzene rings is 2. The molecule has 5 nitrogen and oxygen atoms in total. The lowest BCUT2D eigenvalue weighted by molar-refractivity contribution is -0.137. The van der Waals surface area contributed by atoms with Crippen molar-refractivity contribution in [2.24, 2.45) is 5.10 Å². The fourth-order valence-electron chi connectivity index (χ4n) is 2.67. The predicted molar refractivity (Wildman–Crippen MR) is 121 cm³/mol. The second-order valence-corrected chi connectivity index (χ2v) is 7.68. The van der Waals surface area contributed by atoms with Crippen molar-refractivity contribution in [3.8, 4) is 11.5 Å². The van der Waals surface area contributed by atoms with Gasteiger partial charge in [-0.2, -0.15) is 18.3 Å². The average Bonchev–Trinajstić information content (AvgIpc) is 2.75. The molecule has 0 unspecified atom stereocenters. The lowest BCUT2D eigenvalue weighted by Gasteiger charge is -2.14. The van der Waals surface area contributed by atoms with E-state index in [2.05, 4.69) is 31.4 Å². The maximum absolute atomic E-state index is 12.6. The number of nitrogens with one attached hydrogen (secondary N) is 1. The summed E-state index contributed by atoms with van der Waals surface area (Å²) in [5, 5.41) is 4.05. The van der Waals surface area contributed by atoms with Crippen molar-refractivity contribution in [2.45, 2.75) is 26.6 Å². The summed E-state index contributed by atoms with van der Waals surface area (Å²) in [7, 11) is 0. The van der Waals surface area contributed by atoms with Crippen molar-refractivity contribution in [2.75, 3.05) is 12.0 Å².